The summed E-state index contributed by atoms with van der Waals surface area (Å²) >= 11 is 0. The molecule has 0 radical (unpaired) electrons. The molecule has 0 aliphatic carbocycles. The Morgan fingerprint density at radius 2 is 2.38 bits per heavy atom. The van der Waals surface area contributed by atoms with Crippen LogP contribution in [-0.2, 0) is 11.3 Å². The first-order chi connectivity index (χ1) is 7.67. The number of nitrogens with one attached hydrogen (secondary N) is 1. The SMILES string of the molecule is CCN(CC(N)=O)Cc1cccnc1NC. The van der Waals surface area contributed by atoms with Gasteiger partial charge in [-0.25, -0.2) is 4.98 Å². The highest BCUT2D eigenvalue weighted by Crippen LogP contribution is 2.12. The van der Waals surface area contributed by atoms with Crippen LogP contribution in [0.5, 0.6) is 0 Å². The lowest BCUT2D eigenvalue weighted by Gasteiger charge is -2.19. The number of primary amides is 1. The number of anilines is 1. The van der Waals surface area contributed by atoms with Gasteiger partial charge >= 0.3 is 0 Å². The van der Waals surface area contributed by atoms with Crippen molar-refractivity contribution in [3.8, 4) is 0 Å². The molecule has 5 heteroatoms. The second-order valence-corrected chi connectivity index (χ2v) is 3.53. The summed E-state index contributed by atoms with van der Waals surface area (Å²) in [4.78, 5) is 17.0. The van der Waals surface area contributed by atoms with Gasteiger partial charge in [-0.05, 0) is 12.6 Å². The zero-order valence-electron chi connectivity index (χ0n) is 9.73. The molecule has 0 aromatic carbocycles. The van der Waals surface area contributed by atoms with Gasteiger partial charge in [0.15, 0.2) is 0 Å². The molecule has 0 saturated carbocycles. The van der Waals surface area contributed by atoms with Crippen LogP contribution in [0.4, 0.5) is 5.82 Å². The van der Waals surface area contributed by atoms with Crippen molar-refractivity contribution in [2.75, 3.05) is 25.5 Å². The number of amides is 1. The summed E-state index contributed by atoms with van der Waals surface area (Å²) in [5.41, 5.74) is 6.24. The van der Waals surface area contributed by atoms with Crippen LogP contribution in [0, 0.1) is 0 Å². The third-order valence-corrected chi connectivity index (χ3v) is 2.35. The van der Waals surface area contributed by atoms with Crippen LogP contribution in [0.1, 0.15) is 12.5 Å². The maximum Gasteiger partial charge on any atom is 0.231 e. The van der Waals surface area contributed by atoms with Crippen LogP contribution < -0.4 is 11.1 Å². The Balaban J connectivity index is 2.73. The van der Waals surface area contributed by atoms with E-state index in [1.54, 1.807) is 6.20 Å². The summed E-state index contributed by atoms with van der Waals surface area (Å²) in [6.07, 6.45) is 1.74. The average molecular weight is 222 g/mol. The lowest BCUT2D eigenvalue weighted by Crippen LogP contribution is -2.33. The monoisotopic (exact) mass is 222 g/mol. The van der Waals surface area contributed by atoms with Crippen LogP contribution >= 0.6 is 0 Å². The lowest BCUT2D eigenvalue weighted by atomic mass is 10.2. The third kappa shape index (κ3) is 3.51. The number of nitrogens with two attached hydrogens (primary N) is 1. The predicted octanol–water partition coefficient (Wildman–Crippen LogP) is 0.430. The van der Waals surface area contributed by atoms with Crippen molar-refractivity contribution in [3.05, 3.63) is 23.9 Å². The lowest BCUT2D eigenvalue weighted by molar-refractivity contribution is -0.119. The Morgan fingerprint density at radius 3 is 2.94 bits per heavy atom. The average Bonchev–Trinajstić information content (AvgIpc) is 2.28. The summed E-state index contributed by atoms with van der Waals surface area (Å²) in [6.45, 7) is 3.72. The topological polar surface area (TPSA) is 71.2 Å². The van der Waals surface area contributed by atoms with Crippen molar-refractivity contribution in [2.24, 2.45) is 5.73 Å². The summed E-state index contributed by atoms with van der Waals surface area (Å²) < 4.78 is 0. The number of pyridine rings is 1. The van der Waals surface area contributed by atoms with E-state index in [1.807, 2.05) is 31.0 Å². The van der Waals surface area contributed by atoms with Crippen molar-refractivity contribution in [2.45, 2.75) is 13.5 Å². The molecule has 0 aliphatic heterocycles. The number of carbonyl (C=O) groups is 1. The predicted molar refractivity (Wildman–Crippen MR) is 63.9 cm³/mol. The molecule has 0 aliphatic rings. The van der Waals surface area contributed by atoms with Crippen LogP contribution in [0.25, 0.3) is 0 Å². The highest BCUT2D eigenvalue weighted by molar-refractivity contribution is 5.75. The molecular formula is C11H18N4O. The fraction of sp³-hybridized carbons (Fsp3) is 0.455. The Hall–Kier alpha value is -1.62. The van der Waals surface area contributed by atoms with E-state index in [0.29, 0.717) is 6.54 Å². The fourth-order valence-corrected chi connectivity index (χ4v) is 1.53. The van der Waals surface area contributed by atoms with E-state index < -0.39 is 0 Å². The van der Waals surface area contributed by atoms with E-state index in [1.165, 1.54) is 0 Å². The first-order valence-electron chi connectivity index (χ1n) is 5.29. The molecule has 1 rings (SSSR count). The molecule has 1 heterocycles. The molecule has 0 fully saturated rings. The molecule has 1 aromatic rings. The van der Waals surface area contributed by atoms with E-state index >= 15 is 0 Å². The number of hydrogen-bond acceptors (Lipinski definition) is 4. The molecule has 16 heavy (non-hydrogen) atoms. The van der Waals surface area contributed by atoms with Crippen molar-refractivity contribution in [1.29, 1.82) is 0 Å². The minimum Gasteiger partial charge on any atom is -0.373 e. The summed E-state index contributed by atoms with van der Waals surface area (Å²) in [5.74, 6) is 0.530. The maximum absolute atomic E-state index is 10.9. The first-order valence-corrected chi connectivity index (χ1v) is 5.29. The summed E-state index contributed by atoms with van der Waals surface area (Å²) in [7, 11) is 1.83. The Kier molecular flexibility index (Phi) is 4.72. The molecule has 5 nitrogen and oxygen atoms in total. The maximum atomic E-state index is 10.9. The molecule has 1 aromatic heterocycles. The van der Waals surface area contributed by atoms with Gasteiger partial charge in [-0.2, -0.15) is 0 Å². The van der Waals surface area contributed by atoms with Crippen molar-refractivity contribution in [1.82, 2.24) is 9.88 Å². The highest BCUT2D eigenvalue weighted by Gasteiger charge is 2.09. The summed E-state index contributed by atoms with van der Waals surface area (Å²) in [6, 6.07) is 3.87. The molecule has 88 valence electrons. The van der Waals surface area contributed by atoms with Crippen LogP contribution in [0.2, 0.25) is 0 Å². The second kappa shape index (κ2) is 6.07. The van der Waals surface area contributed by atoms with E-state index in [4.69, 9.17) is 5.73 Å². The van der Waals surface area contributed by atoms with Gasteiger partial charge < -0.3 is 11.1 Å². The molecule has 0 saturated heterocycles. The highest BCUT2D eigenvalue weighted by atomic mass is 16.1. The number of likely N-dealkylation sites (N-methyl/N-ethyl adjacent to an activating group) is 1. The third-order valence-electron chi connectivity index (χ3n) is 2.35. The molecule has 0 unspecified atom stereocenters. The number of nitrogens with zero attached hydrogens (tertiary/aromatic N) is 2. The smallest absolute Gasteiger partial charge is 0.231 e. The molecule has 0 atom stereocenters. The zero-order chi connectivity index (χ0) is 12.0. The quantitative estimate of drug-likeness (QED) is 0.732. The van der Waals surface area contributed by atoms with Gasteiger partial charge in [-0.15, -0.1) is 0 Å². The Morgan fingerprint density at radius 1 is 1.62 bits per heavy atom. The molecule has 0 bridgehead atoms. The molecule has 1 amide bonds. The molecule has 3 N–H and O–H groups in total. The van der Waals surface area contributed by atoms with E-state index in [0.717, 1.165) is 17.9 Å². The normalized spacial score (nSPS) is 10.4. The summed E-state index contributed by atoms with van der Waals surface area (Å²) in [5, 5.41) is 3.02. The van der Waals surface area contributed by atoms with E-state index in [9.17, 15) is 4.79 Å². The number of aromatic nitrogens is 1. The van der Waals surface area contributed by atoms with E-state index in [-0.39, 0.29) is 12.5 Å². The number of rotatable bonds is 6. The fourth-order valence-electron chi connectivity index (χ4n) is 1.53. The minimum absolute atomic E-state index is 0.272. The van der Waals surface area contributed by atoms with Crippen LogP contribution in [0.3, 0.4) is 0 Å². The Labute approximate surface area is 95.7 Å². The standard InChI is InChI=1S/C11H18N4O/c1-3-15(8-10(12)16)7-9-5-4-6-14-11(9)13-2/h4-6H,3,7-8H2,1-2H3,(H2,12,16)(H,13,14). The van der Waals surface area contributed by atoms with Gasteiger partial charge in [0.1, 0.15) is 5.82 Å². The van der Waals surface area contributed by atoms with Gasteiger partial charge in [-0.3, -0.25) is 9.69 Å². The zero-order valence-corrected chi connectivity index (χ0v) is 9.73. The van der Waals surface area contributed by atoms with Gasteiger partial charge in [-0.1, -0.05) is 13.0 Å². The van der Waals surface area contributed by atoms with E-state index in [2.05, 4.69) is 10.3 Å². The molecule has 0 spiro atoms. The minimum atomic E-state index is -0.309. The van der Waals surface area contributed by atoms with Crippen molar-refractivity contribution >= 4 is 11.7 Å². The van der Waals surface area contributed by atoms with Crippen LogP contribution in [0.15, 0.2) is 18.3 Å². The van der Waals surface area contributed by atoms with Crippen LogP contribution in [-0.4, -0.2) is 35.9 Å². The van der Waals surface area contributed by atoms with Gasteiger partial charge in [0.2, 0.25) is 5.91 Å². The number of carbonyl (C=O) groups excluding carboxylic acids is 1. The molecular weight excluding hydrogens is 204 g/mol. The first kappa shape index (κ1) is 12.4. The van der Waals surface area contributed by atoms with Crippen molar-refractivity contribution < 1.29 is 4.79 Å². The van der Waals surface area contributed by atoms with Crippen molar-refractivity contribution in [3.63, 3.8) is 0 Å². The second-order valence-electron chi connectivity index (χ2n) is 3.53. The van der Waals surface area contributed by atoms with Gasteiger partial charge in [0, 0.05) is 25.4 Å². The number of hydrogen-bond donors (Lipinski definition) is 2. The largest absolute Gasteiger partial charge is 0.373 e. The van der Waals surface area contributed by atoms with Gasteiger partial charge in [0.25, 0.3) is 0 Å². The van der Waals surface area contributed by atoms with Gasteiger partial charge in [0.05, 0.1) is 6.54 Å². The Bertz CT molecular complexity index is 354.